The molecule has 0 radical (unpaired) electrons. The average Bonchev–Trinajstić information content (AvgIpc) is 2.98. The Hall–Kier alpha value is -5.30. The molecule has 0 aliphatic carbocycles. The number of hydrogen-bond donors (Lipinski definition) is 2. The molecule has 1 atom stereocenters. The van der Waals surface area contributed by atoms with Crippen molar-refractivity contribution < 1.29 is 37.4 Å². The molecule has 1 unspecified atom stereocenters. The van der Waals surface area contributed by atoms with Gasteiger partial charge in [0.15, 0.2) is 29.1 Å². The van der Waals surface area contributed by atoms with Gasteiger partial charge in [0.05, 0.1) is 25.4 Å². The van der Waals surface area contributed by atoms with Crippen LogP contribution in [0.4, 0.5) is 25.0 Å². The zero-order valence-corrected chi connectivity index (χ0v) is 23.6. The molecule has 0 bridgehead atoms. The number of halogens is 2. The van der Waals surface area contributed by atoms with Gasteiger partial charge in [0.1, 0.15) is 11.6 Å². The second kappa shape index (κ2) is 11.9. The number of hydrogen-bond acceptors (Lipinski definition) is 8. The SMILES string of the molecule is COc1cc2nccc(Oc3ccc(NC(=O)C4NN(C(C)C)C(=O)N(c5ccc(F)cc5)C4=O)cc3F)c2cc1OC. The molecule has 4 amide bonds. The highest BCUT2D eigenvalue weighted by atomic mass is 19.1. The molecule has 5 rings (SSSR count). The van der Waals surface area contributed by atoms with Gasteiger partial charge in [-0.25, -0.2) is 23.9 Å². The minimum absolute atomic E-state index is 0.0387. The van der Waals surface area contributed by atoms with E-state index in [4.69, 9.17) is 14.2 Å². The number of carbonyl (C=O) groups excluding carboxylic acids is 3. The van der Waals surface area contributed by atoms with Crippen LogP contribution >= 0.6 is 0 Å². The van der Waals surface area contributed by atoms with Crippen molar-refractivity contribution in [3.8, 4) is 23.0 Å². The van der Waals surface area contributed by atoms with Crippen LogP contribution in [-0.2, 0) is 9.59 Å². The first kappa shape index (κ1) is 29.2. The maximum absolute atomic E-state index is 15.2. The minimum atomic E-state index is -1.54. The maximum atomic E-state index is 15.2. The number of imide groups is 1. The Kier molecular flexibility index (Phi) is 8.08. The van der Waals surface area contributed by atoms with Crippen molar-refractivity contribution >= 4 is 40.1 Å². The number of urea groups is 1. The number of ether oxygens (including phenoxy) is 3. The summed E-state index contributed by atoms with van der Waals surface area (Å²) in [6.45, 7) is 3.37. The maximum Gasteiger partial charge on any atom is 0.346 e. The van der Waals surface area contributed by atoms with Gasteiger partial charge in [-0.1, -0.05) is 0 Å². The summed E-state index contributed by atoms with van der Waals surface area (Å²) in [6.07, 6.45) is 1.50. The standard InChI is InChI=1S/C30H27F2N5O6/c1-16(2)37-30(40)36(19-8-5-17(31)6-9-19)29(39)27(35-37)28(38)34-18-7-10-24(21(32)13-18)43-23-11-12-33-22-15-26(42-4)25(41-3)14-20(22)23/h5-16,27,35H,1-4H3,(H,34,38). The van der Waals surface area contributed by atoms with Crippen LogP contribution in [0.3, 0.4) is 0 Å². The van der Waals surface area contributed by atoms with Crippen molar-refractivity contribution in [2.45, 2.75) is 25.9 Å². The molecular formula is C30H27F2N5O6. The third-order valence-corrected chi connectivity index (χ3v) is 6.62. The van der Waals surface area contributed by atoms with Crippen molar-refractivity contribution in [3.05, 3.63) is 78.5 Å². The van der Waals surface area contributed by atoms with E-state index in [2.05, 4.69) is 15.7 Å². The molecule has 1 aliphatic rings. The first-order chi connectivity index (χ1) is 20.6. The molecular weight excluding hydrogens is 564 g/mol. The summed E-state index contributed by atoms with van der Waals surface area (Å²) < 4.78 is 45.2. The Morgan fingerprint density at radius 3 is 2.28 bits per heavy atom. The third kappa shape index (κ3) is 5.75. The summed E-state index contributed by atoms with van der Waals surface area (Å²) in [6, 6.07) is 10.7. The van der Waals surface area contributed by atoms with Gasteiger partial charge >= 0.3 is 6.03 Å². The molecule has 1 saturated heterocycles. The van der Waals surface area contributed by atoms with Gasteiger partial charge in [-0.05, 0) is 62.4 Å². The van der Waals surface area contributed by atoms with Gasteiger partial charge in [-0.3, -0.25) is 19.6 Å². The number of anilines is 2. The van der Waals surface area contributed by atoms with Gasteiger partial charge in [0.25, 0.3) is 11.8 Å². The van der Waals surface area contributed by atoms with E-state index in [-0.39, 0.29) is 17.1 Å². The van der Waals surface area contributed by atoms with Crippen LogP contribution < -0.4 is 29.9 Å². The van der Waals surface area contributed by atoms with Crippen LogP contribution in [0, 0.1) is 11.6 Å². The van der Waals surface area contributed by atoms with E-state index in [0.29, 0.717) is 28.2 Å². The molecule has 0 saturated carbocycles. The van der Waals surface area contributed by atoms with Gasteiger partial charge < -0.3 is 19.5 Å². The van der Waals surface area contributed by atoms with Gasteiger partial charge in [0.2, 0.25) is 0 Å². The van der Waals surface area contributed by atoms with E-state index in [1.807, 2.05) is 0 Å². The first-order valence-corrected chi connectivity index (χ1v) is 13.1. The van der Waals surface area contributed by atoms with Crippen molar-refractivity contribution in [2.75, 3.05) is 24.4 Å². The Morgan fingerprint density at radius 1 is 0.930 bits per heavy atom. The molecule has 4 aromatic rings. The normalized spacial score (nSPS) is 15.2. The van der Waals surface area contributed by atoms with Gasteiger partial charge in [-0.2, -0.15) is 0 Å². The molecule has 1 aromatic heterocycles. The van der Waals surface area contributed by atoms with Gasteiger partial charge in [0, 0.05) is 35.4 Å². The zero-order chi connectivity index (χ0) is 30.8. The number of nitrogens with one attached hydrogen (secondary N) is 2. The minimum Gasteiger partial charge on any atom is -0.493 e. The topological polar surface area (TPSA) is 122 Å². The van der Waals surface area contributed by atoms with E-state index in [1.54, 1.807) is 32.0 Å². The van der Waals surface area contributed by atoms with Gasteiger partial charge in [-0.15, -0.1) is 0 Å². The lowest BCUT2D eigenvalue weighted by atomic mass is 10.1. The molecule has 2 heterocycles. The van der Waals surface area contributed by atoms with Crippen LogP contribution in [0.15, 0.2) is 66.9 Å². The Balaban J connectivity index is 1.37. The lowest BCUT2D eigenvalue weighted by Crippen LogP contribution is -2.70. The predicted molar refractivity (Wildman–Crippen MR) is 153 cm³/mol. The number of fused-ring (bicyclic) bond motifs is 1. The number of carbonyl (C=O) groups is 3. The second-order valence-corrected chi connectivity index (χ2v) is 9.73. The summed E-state index contributed by atoms with van der Waals surface area (Å²) in [5.41, 5.74) is 3.30. The fraction of sp³-hybridized carbons (Fsp3) is 0.200. The van der Waals surface area contributed by atoms with Crippen molar-refractivity contribution in [2.24, 2.45) is 0 Å². The summed E-state index contributed by atoms with van der Waals surface area (Å²) >= 11 is 0. The fourth-order valence-corrected chi connectivity index (χ4v) is 4.48. The highest BCUT2D eigenvalue weighted by Crippen LogP contribution is 2.37. The van der Waals surface area contributed by atoms with E-state index in [9.17, 15) is 18.8 Å². The monoisotopic (exact) mass is 591 g/mol. The molecule has 2 N–H and O–H groups in total. The largest absolute Gasteiger partial charge is 0.493 e. The van der Waals surface area contributed by atoms with E-state index < -0.39 is 41.6 Å². The number of aromatic nitrogens is 1. The Labute approximate surface area is 244 Å². The van der Waals surface area contributed by atoms with E-state index >= 15 is 4.39 Å². The lowest BCUT2D eigenvalue weighted by Gasteiger charge is -2.40. The zero-order valence-electron chi connectivity index (χ0n) is 23.6. The molecule has 43 heavy (non-hydrogen) atoms. The molecule has 1 fully saturated rings. The number of amides is 4. The first-order valence-electron chi connectivity index (χ1n) is 13.1. The quantitative estimate of drug-likeness (QED) is 0.274. The van der Waals surface area contributed by atoms with Crippen LogP contribution in [0.2, 0.25) is 0 Å². The molecule has 1 aliphatic heterocycles. The second-order valence-electron chi connectivity index (χ2n) is 9.73. The number of pyridine rings is 1. The number of rotatable bonds is 8. The van der Waals surface area contributed by atoms with Crippen molar-refractivity contribution in [1.82, 2.24) is 15.4 Å². The fourth-order valence-electron chi connectivity index (χ4n) is 4.48. The number of nitrogens with zero attached hydrogens (tertiary/aromatic N) is 3. The lowest BCUT2D eigenvalue weighted by molar-refractivity contribution is -0.131. The van der Waals surface area contributed by atoms with Crippen molar-refractivity contribution in [3.63, 3.8) is 0 Å². The van der Waals surface area contributed by atoms with Crippen LogP contribution in [0.1, 0.15) is 13.8 Å². The van der Waals surface area contributed by atoms with Crippen LogP contribution in [-0.4, -0.2) is 54.1 Å². The van der Waals surface area contributed by atoms with Crippen LogP contribution in [0.5, 0.6) is 23.0 Å². The number of hydrazine groups is 1. The number of methoxy groups -OCH3 is 2. The molecule has 13 heteroatoms. The number of benzene rings is 3. The Morgan fingerprint density at radius 2 is 1.63 bits per heavy atom. The summed E-state index contributed by atoms with van der Waals surface area (Å²) in [5.74, 6) is -2.00. The average molecular weight is 592 g/mol. The van der Waals surface area contributed by atoms with Crippen LogP contribution in [0.25, 0.3) is 10.9 Å². The highest BCUT2D eigenvalue weighted by Gasteiger charge is 2.44. The summed E-state index contributed by atoms with van der Waals surface area (Å²) in [4.78, 5) is 44.6. The summed E-state index contributed by atoms with van der Waals surface area (Å²) in [7, 11) is 2.99. The Bertz CT molecular complexity index is 1720. The highest BCUT2D eigenvalue weighted by molar-refractivity contribution is 6.25. The smallest absolute Gasteiger partial charge is 0.346 e. The van der Waals surface area contributed by atoms with E-state index in [1.165, 1.54) is 44.7 Å². The van der Waals surface area contributed by atoms with Crippen molar-refractivity contribution in [1.29, 1.82) is 0 Å². The molecule has 222 valence electrons. The van der Waals surface area contributed by atoms with E-state index in [0.717, 1.165) is 28.1 Å². The summed E-state index contributed by atoms with van der Waals surface area (Å²) in [5, 5.41) is 4.17. The molecule has 0 spiro atoms. The molecule has 3 aromatic carbocycles. The predicted octanol–water partition coefficient (Wildman–Crippen LogP) is 5.01. The third-order valence-electron chi connectivity index (χ3n) is 6.62. The molecule has 11 nitrogen and oxygen atoms in total.